The smallest absolute Gasteiger partial charge is 0.336 e. The van der Waals surface area contributed by atoms with Crippen molar-refractivity contribution in [2.75, 3.05) is 19.9 Å². The number of aliphatic hydroxyl groups is 1. The maximum absolute atomic E-state index is 11.8. The molecule has 0 saturated carbocycles. The van der Waals surface area contributed by atoms with Crippen molar-refractivity contribution in [2.24, 2.45) is 0 Å². The third-order valence-corrected chi connectivity index (χ3v) is 2.89. The van der Waals surface area contributed by atoms with Crippen LogP contribution in [0.2, 0.25) is 5.02 Å². The number of methoxy groups -OCH3 is 1. The van der Waals surface area contributed by atoms with Crippen LogP contribution in [-0.2, 0) is 9.53 Å². The lowest BCUT2D eigenvalue weighted by atomic mass is 10.3. The molecule has 19 heavy (non-hydrogen) atoms. The molecular formula is C10H12ClN3O4S. The number of rotatable bonds is 5. The van der Waals surface area contributed by atoms with Gasteiger partial charge < -0.3 is 15.2 Å². The molecule has 1 heterocycles. The molecule has 0 radical (unpaired) electrons. The van der Waals surface area contributed by atoms with Crippen LogP contribution in [0.1, 0.15) is 10.5 Å². The Balaban J connectivity index is 2.70. The number of aliphatic hydroxyl groups excluding tert-OH is 1. The average Bonchev–Trinajstić information content (AvgIpc) is 2.43. The van der Waals surface area contributed by atoms with Gasteiger partial charge in [0, 0.05) is 0 Å². The van der Waals surface area contributed by atoms with Gasteiger partial charge in [-0.05, 0) is 6.26 Å². The zero-order valence-electron chi connectivity index (χ0n) is 10.2. The van der Waals surface area contributed by atoms with Gasteiger partial charge in [0.25, 0.3) is 5.91 Å². The van der Waals surface area contributed by atoms with Gasteiger partial charge in [0.1, 0.15) is 0 Å². The molecule has 1 aromatic rings. The van der Waals surface area contributed by atoms with Crippen LogP contribution in [0.15, 0.2) is 11.4 Å². The molecule has 1 unspecified atom stereocenters. The molecule has 1 atom stereocenters. The molecule has 7 nitrogen and oxygen atoms in total. The summed E-state index contributed by atoms with van der Waals surface area (Å²) in [6.45, 7) is -0.291. The number of nitrogens with one attached hydrogen (secondary N) is 1. The van der Waals surface area contributed by atoms with Crippen molar-refractivity contribution in [3.05, 3.63) is 16.9 Å². The van der Waals surface area contributed by atoms with E-state index >= 15 is 0 Å². The normalized spacial score (nSPS) is 11.8. The highest BCUT2D eigenvalue weighted by Gasteiger charge is 2.19. The van der Waals surface area contributed by atoms with Gasteiger partial charge in [-0.3, -0.25) is 4.79 Å². The Labute approximate surface area is 118 Å². The minimum atomic E-state index is -1.44. The summed E-state index contributed by atoms with van der Waals surface area (Å²) in [5.74, 6) is -1.44. The lowest BCUT2D eigenvalue weighted by molar-refractivity contribution is -0.149. The summed E-state index contributed by atoms with van der Waals surface area (Å²) in [6.07, 6.45) is 1.63. The highest BCUT2D eigenvalue weighted by molar-refractivity contribution is 7.98. The number of ether oxygens (including phenoxy) is 1. The third-order valence-electron chi connectivity index (χ3n) is 2.05. The molecule has 0 aliphatic rings. The second kappa shape index (κ2) is 7.27. The average molecular weight is 306 g/mol. The maximum atomic E-state index is 11.8. The zero-order chi connectivity index (χ0) is 14.4. The first-order valence-electron chi connectivity index (χ1n) is 5.10. The van der Waals surface area contributed by atoms with Gasteiger partial charge in [-0.2, -0.15) is 0 Å². The van der Waals surface area contributed by atoms with Crippen LogP contribution in [0.3, 0.4) is 0 Å². The van der Waals surface area contributed by atoms with E-state index in [4.69, 9.17) is 11.6 Å². The van der Waals surface area contributed by atoms with Crippen molar-refractivity contribution >= 4 is 35.2 Å². The fraction of sp³-hybridized carbons (Fsp3) is 0.400. The van der Waals surface area contributed by atoms with E-state index in [1.54, 1.807) is 6.26 Å². The number of halogens is 1. The van der Waals surface area contributed by atoms with E-state index in [1.807, 2.05) is 0 Å². The van der Waals surface area contributed by atoms with Crippen molar-refractivity contribution in [1.82, 2.24) is 15.3 Å². The summed E-state index contributed by atoms with van der Waals surface area (Å²) in [4.78, 5) is 30.6. The number of carbonyl (C=O) groups is 2. The van der Waals surface area contributed by atoms with Crippen LogP contribution in [0, 0.1) is 0 Å². The molecule has 1 aromatic heterocycles. The minimum Gasteiger partial charge on any atom is -0.467 e. The largest absolute Gasteiger partial charge is 0.467 e. The van der Waals surface area contributed by atoms with Crippen LogP contribution in [-0.4, -0.2) is 53.0 Å². The van der Waals surface area contributed by atoms with Gasteiger partial charge in [-0.15, -0.1) is 0 Å². The molecule has 104 valence electrons. The summed E-state index contributed by atoms with van der Waals surface area (Å²) >= 11 is 7.06. The predicted molar refractivity (Wildman–Crippen MR) is 69.2 cm³/mol. The van der Waals surface area contributed by atoms with Gasteiger partial charge in [0.05, 0.1) is 24.9 Å². The predicted octanol–water partition coefficient (Wildman–Crippen LogP) is 0.116. The molecule has 0 bridgehead atoms. The second-order valence-corrected chi connectivity index (χ2v) is 4.48. The van der Waals surface area contributed by atoms with Crippen LogP contribution in [0.25, 0.3) is 0 Å². The number of carbonyl (C=O) groups excluding carboxylic acids is 2. The molecule has 0 aromatic carbocycles. The molecule has 0 saturated heterocycles. The molecule has 0 aliphatic carbocycles. The molecule has 1 rings (SSSR count). The van der Waals surface area contributed by atoms with Gasteiger partial charge in [-0.1, -0.05) is 23.4 Å². The van der Waals surface area contributed by atoms with Crippen molar-refractivity contribution in [3.63, 3.8) is 0 Å². The number of thioether (sulfide) groups is 1. The number of hydrogen-bond donors (Lipinski definition) is 2. The van der Waals surface area contributed by atoms with Crippen molar-refractivity contribution < 1.29 is 19.4 Å². The number of amides is 1. The quantitative estimate of drug-likeness (QED) is 0.452. The monoisotopic (exact) mass is 305 g/mol. The highest BCUT2D eigenvalue weighted by atomic mass is 35.5. The van der Waals surface area contributed by atoms with E-state index in [-0.39, 0.29) is 17.3 Å². The minimum absolute atomic E-state index is 0.0157. The topological polar surface area (TPSA) is 101 Å². The van der Waals surface area contributed by atoms with Crippen LogP contribution in [0.5, 0.6) is 0 Å². The first-order chi connectivity index (χ1) is 8.99. The second-order valence-electron chi connectivity index (χ2n) is 3.30. The number of aromatic nitrogens is 2. The molecule has 0 aliphatic heterocycles. The Bertz CT molecular complexity index is 486. The molecule has 1 amide bonds. The van der Waals surface area contributed by atoms with E-state index < -0.39 is 18.0 Å². The van der Waals surface area contributed by atoms with E-state index in [0.717, 1.165) is 7.11 Å². The summed E-state index contributed by atoms with van der Waals surface area (Å²) < 4.78 is 4.31. The van der Waals surface area contributed by atoms with Gasteiger partial charge in [0.2, 0.25) is 0 Å². The lowest BCUT2D eigenvalue weighted by Crippen LogP contribution is -2.37. The summed E-state index contributed by atoms with van der Waals surface area (Å²) in [5, 5.41) is 12.1. The Hall–Kier alpha value is -1.38. The Morgan fingerprint density at radius 1 is 1.63 bits per heavy atom. The highest BCUT2D eigenvalue weighted by Crippen LogP contribution is 2.16. The van der Waals surface area contributed by atoms with Crippen molar-refractivity contribution in [3.8, 4) is 0 Å². The first-order valence-corrected chi connectivity index (χ1v) is 6.70. The van der Waals surface area contributed by atoms with Gasteiger partial charge in [0.15, 0.2) is 17.0 Å². The lowest BCUT2D eigenvalue weighted by Gasteiger charge is -2.10. The molecule has 2 N–H and O–H groups in total. The van der Waals surface area contributed by atoms with Crippen molar-refractivity contribution in [1.29, 1.82) is 0 Å². The Morgan fingerprint density at radius 3 is 2.89 bits per heavy atom. The van der Waals surface area contributed by atoms with Crippen LogP contribution in [0.4, 0.5) is 0 Å². The molecular weight excluding hydrogens is 294 g/mol. The van der Waals surface area contributed by atoms with E-state index in [0.29, 0.717) is 5.16 Å². The van der Waals surface area contributed by atoms with Gasteiger partial charge in [-0.25, -0.2) is 14.8 Å². The summed E-state index contributed by atoms with van der Waals surface area (Å²) in [7, 11) is 1.14. The number of nitrogens with zero attached hydrogens (tertiary/aromatic N) is 2. The standard InChI is InChI=1S/C10H12ClN3O4S/c1-18-9(17)6(15)4-12-8(16)7-5(11)3-13-10(14-7)19-2/h3,6,15H,4H2,1-2H3,(H,12,16). The van der Waals surface area contributed by atoms with Gasteiger partial charge >= 0.3 is 5.97 Å². The third kappa shape index (κ3) is 4.34. The van der Waals surface area contributed by atoms with Crippen LogP contribution >= 0.6 is 23.4 Å². The maximum Gasteiger partial charge on any atom is 0.336 e. The van der Waals surface area contributed by atoms with E-state index in [9.17, 15) is 14.7 Å². The van der Waals surface area contributed by atoms with E-state index in [2.05, 4.69) is 20.0 Å². The fourth-order valence-corrected chi connectivity index (χ4v) is 1.62. The Morgan fingerprint density at radius 2 is 2.32 bits per heavy atom. The SMILES string of the molecule is COC(=O)C(O)CNC(=O)c1nc(SC)ncc1Cl. The fourth-order valence-electron chi connectivity index (χ4n) is 1.10. The van der Waals surface area contributed by atoms with E-state index in [1.165, 1.54) is 18.0 Å². The molecule has 9 heteroatoms. The Kier molecular flexibility index (Phi) is 6.00. The number of esters is 1. The summed E-state index contributed by atoms with van der Waals surface area (Å²) in [6, 6.07) is 0. The van der Waals surface area contributed by atoms with Crippen LogP contribution < -0.4 is 5.32 Å². The van der Waals surface area contributed by atoms with Crippen molar-refractivity contribution in [2.45, 2.75) is 11.3 Å². The first kappa shape index (κ1) is 15.7. The molecule has 0 spiro atoms. The summed E-state index contributed by atoms with van der Waals surface area (Å²) in [5.41, 5.74) is -0.0157. The zero-order valence-corrected chi connectivity index (χ0v) is 11.8. The molecule has 0 fully saturated rings. The number of hydrogen-bond acceptors (Lipinski definition) is 7.